The summed E-state index contributed by atoms with van der Waals surface area (Å²) in [5, 5.41) is 13.1. The Bertz CT molecular complexity index is 1120. The van der Waals surface area contributed by atoms with Crippen LogP contribution in [-0.4, -0.2) is 20.2 Å². The van der Waals surface area contributed by atoms with Crippen LogP contribution in [0.3, 0.4) is 0 Å². The molecule has 0 saturated carbocycles. The van der Waals surface area contributed by atoms with E-state index in [0.717, 1.165) is 15.4 Å². The third kappa shape index (κ3) is 3.20. The van der Waals surface area contributed by atoms with E-state index in [0.29, 0.717) is 17.0 Å². The number of hydrogen-bond acceptors (Lipinski definition) is 5. The number of fused-ring (bicyclic) bond motifs is 1. The number of benzene rings is 2. The summed E-state index contributed by atoms with van der Waals surface area (Å²) in [6.07, 6.45) is 0. The molecule has 2 aromatic heterocycles. The third-order valence-electron chi connectivity index (χ3n) is 3.66. The van der Waals surface area contributed by atoms with E-state index in [9.17, 15) is 9.18 Å². The fourth-order valence-electron chi connectivity index (χ4n) is 2.51. The second-order valence-electron chi connectivity index (χ2n) is 5.38. The molecule has 0 aliphatic heterocycles. The number of rotatable bonds is 3. The van der Waals surface area contributed by atoms with E-state index in [1.165, 1.54) is 23.0 Å². The Kier molecular flexibility index (Phi) is 3.89. The minimum Gasteiger partial charge on any atom is -0.423 e. The van der Waals surface area contributed by atoms with E-state index in [1.807, 2.05) is 12.1 Å². The zero-order valence-corrected chi connectivity index (χ0v) is 14.3. The summed E-state index contributed by atoms with van der Waals surface area (Å²) in [4.78, 5) is 13.2. The zero-order valence-electron chi connectivity index (χ0n) is 12.7. The number of nitrogens with zero attached hydrogens (tertiary/aromatic N) is 4. The highest BCUT2D eigenvalue weighted by atomic mass is 79.9. The first-order valence-electron chi connectivity index (χ1n) is 7.34. The number of halogens is 2. The van der Waals surface area contributed by atoms with Gasteiger partial charge >= 0.3 is 5.63 Å². The minimum absolute atomic E-state index is 0.262. The molecular formula is C17H10BrFN4O2. The van der Waals surface area contributed by atoms with Crippen molar-refractivity contribution < 1.29 is 8.81 Å². The van der Waals surface area contributed by atoms with Crippen LogP contribution < -0.4 is 5.63 Å². The molecule has 0 aliphatic rings. The molecule has 0 aliphatic carbocycles. The lowest BCUT2D eigenvalue weighted by atomic mass is 10.1. The predicted octanol–water partition coefficient (Wildman–Crippen LogP) is 3.40. The summed E-state index contributed by atoms with van der Waals surface area (Å²) >= 11 is 3.35. The van der Waals surface area contributed by atoms with Crippen molar-refractivity contribution in [1.82, 2.24) is 20.2 Å². The van der Waals surface area contributed by atoms with E-state index < -0.39 is 5.63 Å². The molecule has 0 spiro atoms. The normalized spacial score (nSPS) is 11.1. The van der Waals surface area contributed by atoms with Gasteiger partial charge in [-0.15, -0.1) is 10.2 Å². The molecule has 0 saturated heterocycles. The largest absolute Gasteiger partial charge is 0.423 e. The summed E-state index contributed by atoms with van der Waals surface area (Å²) in [5.41, 5.74) is 1.42. The van der Waals surface area contributed by atoms with Crippen LogP contribution in [0.2, 0.25) is 0 Å². The molecule has 0 amide bonds. The van der Waals surface area contributed by atoms with E-state index in [1.54, 1.807) is 18.2 Å². The lowest BCUT2D eigenvalue weighted by Crippen LogP contribution is -2.08. The molecule has 0 N–H and O–H groups in total. The number of aromatic nitrogens is 4. The molecule has 2 aromatic carbocycles. The number of tetrazole rings is 1. The van der Waals surface area contributed by atoms with Crippen molar-refractivity contribution in [2.45, 2.75) is 6.54 Å². The Morgan fingerprint density at radius 2 is 1.92 bits per heavy atom. The van der Waals surface area contributed by atoms with Crippen LogP contribution in [0.15, 0.2) is 62.2 Å². The van der Waals surface area contributed by atoms with Gasteiger partial charge in [0, 0.05) is 21.5 Å². The van der Waals surface area contributed by atoms with Crippen LogP contribution >= 0.6 is 15.9 Å². The van der Waals surface area contributed by atoms with Crippen molar-refractivity contribution in [3.63, 3.8) is 0 Å². The van der Waals surface area contributed by atoms with Gasteiger partial charge in [0.05, 0.1) is 6.54 Å². The zero-order chi connectivity index (χ0) is 17.4. The smallest absolute Gasteiger partial charge is 0.336 e. The van der Waals surface area contributed by atoms with Gasteiger partial charge in [-0.25, -0.2) is 9.18 Å². The van der Waals surface area contributed by atoms with Gasteiger partial charge < -0.3 is 4.42 Å². The van der Waals surface area contributed by atoms with Gasteiger partial charge in [0.15, 0.2) is 0 Å². The molecular weight excluding hydrogens is 391 g/mol. The van der Waals surface area contributed by atoms with Gasteiger partial charge in [-0.1, -0.05) is 15.9 Å². The fraction of sp³-hybridized carbons (Fsp3) is 0.0588. The average molecular weight is 401 g/mol. The Hall–Kier alpha value is -2.87. The molecule has 4 aromatic rings. The standard InChI is InChI=1S/C17H10BrFN4O2/c18-12-3-6-14-11(7-16(24)25-15(14)8-12)9-23-21-17(20-22-23)10-1-4-13(19)5-2-10/h1-8H,9H2. The van der Waals surface area contributed by atoms with Crippen LogP contribution in [-0.2, 0) is 6.54 Å². The van der Waals surface area contributed by atoms with Crippen LogP contribution in [0, 0.1) is 5.82 Å². The monoisotopic (exact) mass is 400 g/mol. The summed E-state index contributed by atoms with van der Waals surface area (Å²) < 4.78 is 19.0. The highest BCUT2D eigenvalue weighted by Crippen LogP contribution is 2.22. The van der Waals surface area contributed by atoms with Crippen LogP contribution in [0.1, 0.15) is 5.56 Å². The Labute approximate surface area is 149 Å². The topological polar surface area (TPSA) is 73.8 Å². The lowest BCUT2D eigenvalue weighted by Gasteiger charge is -2.04. The molecule has 4 rings (SSSR count). The molecule has 8 heteroatoms. The van der Waals surface area contributed by atoms with Gasteiger partial charge in [-0.2, -0.15) is 4.80 Å². The van der Waals surface area contributed by atoms with Crippen LogP contribution in [0.4, 0.5) is 4.39 Å². The van der Waals surface area contributed by atoms with Crippen LogP contribution in [0.25, 0.3) is 22.4 Å². The molecule has 25 heavy (non-hydrogen) atoms. The fourth-order valence-corrected chi connectivity index (χ4v) is 2.85. The summed E-state index contributed by atoms with van der Waals surface area (Å²) in [6, 6.07) is 12.7. The summed E-state index contributed by atoms with van der Waals surface area (Å²) in [5.74, 6) is 0.0554. The van der Waals surface area contributed by atoms with Gasteiger partial charge in [-0.05, 0) is 53.2 Å². The maximum atomic E-state index is 13.0. The first-order chi connectivity index (χ1) is 12.1. The Morgan fingerprint density at radius 3 is 2.72 bits per heavy atom. The second kappa shape index (κ2) is 6.21. The van der Waals surface area contributed by atoms with E-state index in [-0.39, 0.29) is 12.4 Å². The molecule has 0 unspecified atom stereocenters. The SMILES string of the molecule is O=c1cc(Cn2nnc(-c3ccc(F)cc3)n2)c2ccc(Br)cc2o1. The van der Waals surface area contributed by atoms with E-state index in [4.69, 9.17) is 4.42 Å². The van der Waals surface area contributed by atoms with Gasteiger partial charge in [0.2, 0.25) is 5.82 Å². The lowest BCUT2D eigenvalue weighted by molar-refractivity contribution is 0.545. The third-order valence-corrected chi connectivity index (χ3v) is 4.15. The van der Waals surface area contributed by atoms with E-state index >= 15 is 0 Å². The van der Waals surface area contributed by atoms with Crippen molar-refractivity contribution in [3.8, 4) is 11.4 Å². The second-order valence-corrected chi connectivity index (χ2v) is 6.30. The van der Waals surface area contributed by atoms with Gasteiger partial charge in [-0.3, -0.25) is 0 Å². The summed E-state index contributed by atoms with van der Waals surface area (Å²) in [7, 11) is 0. The van der Waals surface area contributed by atoms with Gasteiger partial charge in [0.25, 0.3) is 0 Å². The first kappa shape index (κ1) is 15.6. The maximum Gasteiger partial charge on any atom is 0.336 e. The molecule has 2 heterocycles. The maximum absolute atomic E-state index is 13.0. The Morgan fingerprint density at radius 1 is 1.12 bits per heavy atom. The molecule has 124 valence electrons. The predicted molar refractivity (Wildman–Crippen MR) is 92.5 cm³/mol. The highest BCUT2D eigenvalue weighted by molar-refractivity contribution is 9.10. The van der Waals surface area contributed by atoms with Crippen molar-refractivity contribution in [3.05, 3.63) is 74.8 Å². The van der Waals surface area contributed by atoms with Crippen molar-refractivity contribution in [1.29, 1.82) is 0 Å². The minimum atomic E-state index is -0.445. The van der Waals surface area contributed by atoms with Crippen molar-refractivity contribution in [2.75, 3.05) is 0 Å². The molecule has 0 fully saturated rings. The van der Waals surface area contributed by atoms with Crippen molar-refractivity contribution in [2.24, 2.45) is 0 Å². The van der Waals surface area contributed by atoms with Gasteiger partial charge in [0.1, 0.15) is 11.4 Å². The average Bonchev–Trinajstić information content (AvgIpc) is 3.03. The molecule has 0 radical (unpaired) electrons. The van der Waals surface area contributed by atoms with Crippen molar-refractivity contribution >= 4 is 26.9 Å². The highest BCUT2D eigenvalue weighted by Gasteiger charge is 2.10. The molecule has 6 nitrogen and oxygen atoms in total. The summed E-state index contributed by atoms with van der Waals surface area (Å²) in [6.45, 7) is 0.262. The number of hydrogen-bond donors (Lipinski definition) is 0. The van der Waals surface area contributed by atoms with Crippen LogP contribution in [0.5, 0.6) is 0 Å². The molecule has 0 bridgehead atoms. The quantitative estimate of drug-likeness (QED) is 0.492. The van der Waals surface area contributed by atoms with E-state index in [2.05, 4.69) is 31.3 Å². The first-order valence-corrected chi connectivity index (χ1v) is 8.14. The molecule has 0 atom stereocenters. The Balaban J connectivity index is 1.70.